The van der Waals surface area contributed by atoms with Gasteiger partial charge in [-0.3, -0.25) is 0 Å². The second-order valence-electron chi connectivity index (χ2n) is 6.27. The SMILES string of the molecule is C[C@]1(S(=O)(=O)N2CC2)C=CC=CC1CCOCc1ccccc1. The Hall–Kier alpha value is -1.43. The molecule has 2 atom stereocenters. The van der Waals surface area contributed by atoms with Gasteiger partial charge in [0, 0.05) is 25.6 Å². The van der Waals surface area contributed by atoms with Crippen molar-refractivity contribution in [2.24, 2.45) is 5.92 Å². The first-order valence-electron chi connectivity index (χ1n) is 8.01. The van der Waals surface area contributed by atoms with Gasteiger partial charge < -0.3 is 4.74 Å². The highest BCUT2D eigenvalue weighted by Crippen LogP contribution is 2.38. The molecular formula is C18H23NO3S. The molecule has 1 aromatic carbocycles. The van der Waals surface area contributed by atoms with Crippen LogP contribution in [0.15, 0.2) is 54.6 Å². The number of rotatable bonds is 7. The fourth-order valence-corrected chi connectivity index (χ4v) is 4.90. The van der Waals surface area contributed by atoms with Crippen LogP contribution in [0.5, 0.6) is 0 Å². The van der Waals surface area contributed by atoms with Crippen LogP contribution in [-0.4, -0.2) is 37.2 Å². The van der Waals surface area contributed by atoms with Gasteiger partial charge in [-0.25, -0.2) is 8.42 Å². The highest BCUT2D eigenvalue weighted by Gasteiger charge is 2.49. The van der Waals surface area contributed by atoms with Gasteiger partial charge in [-0.1, -0.05) is 54.6 Å². The molecule has 3 rings (SSSR count). The summed E-state index contributed by atoms with van der Waals surface area (Å²) in [5.74, 6) is -0.0612. The van der Waals surface area contributed by atoms with Crippen molar-refractivity contribution >= 4 is 10.0 Å². The minimum absolute atomic E-state index is 0.0612. The van der Waals surface area contributed by atoms with Crippen molar-refractivity contribution in [3.05, 3.63) is 60.2 Å². The number of benzene rings is 1. The van der Waals surface area contributed by atoms with Crippen molar-refractivity contribution in [1.29, 1.82) is 0 Å². The van der Waals surface area contributed by atoms with Crippen molar-refractivity contribution in [1.82, 2.24) is 4.31 Å². The average molecular weight is 333 g/mol. The van der Waals surface area contributed by atoms with Crippen molar-refractivity contribution < 1.29 is 13.2 Å². The zero-order chi connectivity index (χ0) is 16.3. The quantitative estimate of drug-likeness (QED) is 0.569. The van der Waals surface area contributed by atoms with E-state index in [1.165, 1.54) is 0 Å². The summed E-state index contributed by atoms with van der Waals surface area (Å²) in [6, 6.07) is 10.0. The van der Waals surface area contributed by atoms with Crippen molar-refractivity contribution in [2.75, 3.05) is 19.7 Å². The Labute approximate surface area is 138 Å². The normalized spacial score (nSPS) is 27.3. The van der Waals surface area contributed by atoms with Gasteiger partial charge in [-0.15, -0.1) is 0 Å². The Morgan fingerprint density at radius 1 is 1.22 bits per heavy atom. The molecule has 0 amide bonds. The third kappa shape index (κ3) is 3.42. The van der Waals surface area contributed by atoms with Gasteiger partial charge >= 0.3 is 0 Å². The Kier molecular flexibility index (Phi) is 4.71. The van der Waals surface area contributed by atoms with E-state index in [1.54, 1.807) is 4.31 Å². The smallest absolute Gasteiger partial charge is 0.223 e. The van der Waals surface area contributed by atoms with E-state index in [4.69, 9.17) is 4.74 Å². The maximum absolute atomic E-state index is 12.7. The van der Waals surface area contributed by atoms with E-state index in [0.29, 0.717) is 32.7 Å². The van der Waals surface area contributed by atoms with Crippen molar-refractivity contribution in [3.8, 4) is 0 Å². The van der Waals surface area contributed by atoms with Crippen LogP contribution in [0.2, 0.25) is 0 Å². The lowest BCUT2D eigenvalue weighted by molar-refractivity contribution is 0.109. The monoisotopic (exact) mass is 333 g/mol. The second-order valence-corrected chi connectivity index (χ2v) is 8.61. The lowest BCUT2D eigenvalue weighted by Crippen LogP contribution is -2.45. The number of ether oxygens (including phenoxy) is 1. The van der Waals surface area contributed by atoms with Crippen LogP contribution in [0.4, 0.5) is 0 Å². The van der Waals surface area contributed by atoms with Crippen LogP contribution in [0.25, 0.3) is 0 Å². The molecule has 23 heavy (non-hydrogen) atoms. The van der Waals surface area contributed by atoms with E-state index in [2.05, 4.69) is 0 Å². The summed E-state index contributed by atoms with van der Waals surface area (Å²) in [6.45, 7) is 4.22. The topological polar surface area (TPSA) is 46.4 Å². The molecule has 1 unspecified atom stereocenters. The molecule has 2 aliphatic rings. The van der Waals surface area contributed by atoms with E-state index >= 15 is 0 Å². The van der Waals surface area contributed by atoms with Gasteiger partial charge in [0.1, 0.15) is 4.75 Å². The fraction of sp³-hybridized carbons (Fsp3) is 0.444. The summed E-state index contributed by atoms with van der Waals surface area (Å²) in [5.41, 5.74) is 1.13. The molecule has 0 aromatic heterocycles. The Balaban J connectivity index is 1.59. The van der Waals surface area contributed by atoms with E-state index in [9.17, 15) is 8.42 Å². The summed E-state index contributed by atoms with van der Waals surface area (Å²) in [4.78, 5) is 0. The molecule has 1 aliphatic carbocycles. The van der Waals surface area contributed by atoms with Crippen molar-refractivity contribution in [3.63, 3.8) is 0 Å². The molecular weight excluding hydrogens is 310 g/mol. The molecule has 124 valence electrons. The van der Waals surface area contributed by atoms with Gasteiger partial charge in [0.15, 0.2) is 0 Å². The molecule has 0 spiro atoms. The molecule has 0 bridgehead atoms. The molecule has 1 fully saturated rings. The fourth-order valence-electron chi connectivity index (χ4n) is 2.95. The summed E-state index contributed by atoms with van der Waals surface area (Å²) in [7, 11) is -3.29. The van der Waals surface area contributed by atoms with Crippen LogP contribution in [-0.2, 0) is 21.4 Å². The zero-order valence-corrected chi connectivity index (χ0v) is 14.2. The first-order valence-corrected chi connectivity index (χ1v) is 9.45. The average Bonchev–Trinajstić information content (AvgIpc) is 3.39. The van der Waals surface area contributed by atoms with E-state index < -0.39 is 14.8 Å². The predicted octanol–water partition coefficient (Wildman–Crippen LogP) is 2.74. The van der Waals surface area contributed by atoms with Gasteiger partial charge in [-0.2, -0.15) is 4.31 Å². The minimum Gasteiger partial charge on any atom is -0.377 e. The van der Waals surface area contributed by atoms with E-state index in [0.717, 1.165) is 5.56 Å². The third-order valence-electron chi connectivity index (χ3n) is 4.60. The molecule has 1 aliphatic heterocycles. The van der Waals surface area contributed by atoms with Crippen LogP contribution in [0.3, 0.4) is 0 Å². The van der Waals surface area contributed by atoms with Crippen molar-refractivity contribution in [2.45, 2.75) is 24.7 Å². The lowest BCUT2D eigenvalue weighted by Gasteiger charge is -2.34. The standard InChI is InChI=1S/C18H23NO3S/c1-18(23(20,21)19-12-13-19)11-6-5-9-17(18)10-14-22-15-16-7-3-2-4-8-16/h2-9,11,17H,10,12-15H2,1H3/t17?,18-/m0/s1. The van der Waals surface area contributed by atoms with Crippen LogP contribution >= 0.6 is 0 Å². The summed E-state index contributed by atoms with van der Waals surface area (Å²) >= 11 is 0. The maximum atomic E-state index is 12.7. The Morgan fingerprint density at radius 3 is 2.65 bits per heavy atom. The highest BCUT2D eigenvalue weighted by atomic mass is 32.2. The van der Waals surface area contributed by atoms with Crippen LogP contribution < -0.4 is 0 Å². The number of hydrogen-bond donors (Lipinski definition) is 0. The molecule has 1 heterocycles. The third-order valence-corrected chi connectivity index (χ3v) is 7.20. The maximum Gasteiger partial charge on any atom is 0.223 e. The minimum atomic E-state index is -3.29. The first-order chi connectivity index (χ1) is 11.0. The molecule has 0 saturated carbocycles. The summed E-state index contributed by atoms with van der Waals surface area (Å²) < 4.78 is 31.9. The van der Waals surface area contributed by atoms with Gasteiger partial charge in [0.25, 0.3) is 0 Å². The number of nitrogens with zero attached hydrogens (tertiary/aromatic N) is 1. The first kappa shape index (κ1) is 16.4. The highest BCUT2D eigenvalue weighted by molar-refractivity contribution is 7.90. The zero-order valence-electron chi connectivity index (χ0n) is 13.4. The number of allylic oxidation sites excluding steroid dienone is 3. The van der Waals surface area contributed by atoms with Gasteiger partial charge in [0.05, 0.1) is 6.61 Å². The van der Waals surface area contributed by atoms with Crippen LogP contribution in [0, 0.1) is 5.92 Å². The van der Waals surface area contributed by atoms with Gasteiger partial charge in [-0.05, 0) is 18.9 Å². The lowest BCUT2D eigenvalue weighted by atomic mass is 9.87. The van der Waals surface area contributed by atoms with Crippen LogP contribution in [0.1, 0.15) is 18.9 Å². The molecule has 1 saturated heterocycles. The molecule has 5 heteroatoms. The second kappa shape index (κ2) is 6.59. The summed E-state index contributed by atoms with van der Waals surface area (Å²) in [6.07, 6.45) is 8.27. The number of sulfonamides is 1. The molecule has 0 N–H and O–H groups in total. The molecule has 1 aromatic rings. The Morgan fingerprint density at radius 2 is 1.96 bits per heavy atom. The Bertz CT molecular complexity index is 692. The molecule has 0 radical (unpaired) electrons. The summed E-state index contributed by atoms with van der Waals surface area (Å²) in [5, 5.41) is 0. The predicted molar refractivity (Wildman–Crippen MR) is 91.4 cm³/mol. The van der Waals surface area contributed by atoms with E-state index in [1.807, 2.05) is 61.6 Å². The van der Waals surface area contributed by atoms with Gasteiger partial charge in [0.2, 0.25) is 10.0 Å². The molecule has 4 nitrogen and oxygen atoms in total. The van der Waals surface area contributed by atoms with E-state index in [-0.39, 0.29) is 5.92 Å². The number of hydrogen-bond acceptors (Lipinski definition) is 3. The largest absolute Gasteiger partial charge is 0.377 e.